The molecule has 1 unspecified atom stereocenters. The monoisotopic (exact) mass is 283 g/mol. The van der Waals surface area contributed by atoms with Crippen molar-refractivity contribution in [3.05, 3.63) is 63.7 Å². The normalized spacial score (nSPS) is 12.3. The van der Waals surface area contributed by atoms with Crippen LogP contribution in [0.15, 0.2) is 30.3 Å². The molecule has 0 amide bonds. The van der Waals surface area contributed by atoms with Gasteiger partial charge in [-0.15, -0.1) is 0 Å². The molecule has 1 atom stereocenters. The standard InChI is InChI=1S/C19H25NO/c1-12-9-14(3)19(15(4)10-12)17(20)11-21-18-8-6-7-13(2)16(18)5/h6-10,17H,11,20H2,1-5H3. The molecule has 21 heavy (non-hydrogen) atoms. The molecule has 0 saturated carbocycles. The SMILES string of the molecule is Cc1cc(C)c(C(N)COc2cccc(C)c2C)c(C)c1. The lowest BCUT2D eigenvalue weighted by Crippen LogP contribution is -2.21. The van der Waals surface area contributed by atoms with Gasteiger partial charge in [0.05, 0.1) is 6.04 Å². The van der Waals surface area contributed by atoms with Crippen LogP contribution in [0.2, 0.25) is 0 Å². The molecule has 112 valence electrons. The summed E-state index contributed by atoms with van der Waals surface area (Å²) in [6.45, 7) is 11.0. The summed E-state index contributed by atoms with van der Waals surface area (Å²) in [5, 5.41) is 0. The Morgan fingerprint density at radius 3 is 2.19 bits per heavy atom. The Hall–Kier alpha value is -1.80. The minimum absolute atomic E-state index is 0.106. The van der Waals surface area contributed by atoms with Crippen molar-refractivity contribution in [3.8, 4) is 5.75 Å². The largest absolute Gasteiger partial charge is 0.491 e. The molecule has 0 fully saturated rings. The van der Waals surface area contributed by atoms with Crippen LogP contribution < -0.4 is 10.5 Å². The van der Waals surface area contributed by atoms with Gasteiger partial charge in [0.1, 0.15) is 12.4 Å². The molecule has 2 heteroatoms. The molecule has 0 bridgehead atoms. The number of rotatable bonds is 4. The Bertz CT molecular complexity index is 623. The van der Waals surface area contributed by atoms with E-state index in [0.29, 0.717) is 6.61 Å². The quantitative estimate of drug-likeness (QED) is 0.907. The third kappa shape index (κ3) is 3.45. The van der Waals surface area contributed by atoms with E-state index in [4.69, 9.17) is 10.5 Å². The fourth-order valence-electron chi connectivity index (χ4n) is 2.92. The first kappa shape index (κ1) is 15.6. The van der Waals surface area contributed by atoms with Crippen LogP contribution in [-0.2, 0) is 0 Å². The molecular formula is C19H25NO. The maximum absolute atomic E-state index is 6.36. The minimum atomic E-state index is -0.106. The van der Waals surface area contributed by atoms with Crippen molar-refractivity contribution in [3.63, 3.8) is 0 Å². The summed E-state index contributed by atoms with van der Waals surface area (Å²) in [4.78, 5) is 0. The van der Waals surface area contributed by atoms with E-state index < -0.39 is 0 Å². The van der Waals surface area contributed by atoms with Gasteiger partial charge < -0.3 is 10.5 Å². The maximum atomic E-state index is 6.36. The van der Waals surface area contributed by atoms with Crippen molar-refractivity contribution in [2.75, 3.05) is 6.61 Å². The third-order valence-electron chi connectivity index (χ3n) is 4.08. The van der Waals surface area contributed by atoms with E-state index in [1.807, 2.05) is 12.1 Å². The van der Waals surface area contributed by atoms with Gasteiger partial charge in [-0.1, -0.05) is 29.8 Å². The molecule has 2 rings (SSSR count). The zero-order valence-corrected chi connectivity index (χ0v) is 13.7. The highest BCUT2D eigenvalue weighted by Gasteiger charge is 2.14. The topological polar surface area (TPSA) is 35.2 Å². The van der Waals surface area contributed by atoms with E-state index >= 15 is 0 Å². The van der Waals surface area contributed by atoms with Gasteiger partial charge in [0.2, 0.25) is 0 Å². The lowest BCUT2D eigenvalue weighted by atomic mass is 9.95. The molecular weight excluding hydrogens is 258 g/mol. The van der Waals surface area contributed by atoms with E-state index in [1.54, 1.807) is 0 Å². The summed E-state index contributed by atoms with van der Waals surface area (Å²) in [6.07, 6.45) is 0. The van der Waals surface area contributed by atoms with E-state index in [9.17, 15) is 0 Å². The van der Waals surface area contributed by atoms with E-state index in [1.165, 1.54) is 33.4 Å². The zero-order valence-electron chi connectivity index (χ0n) is 13.7. The van der Waals surface area contributed by atoms with Crippen molar-refractivity contribution in [2.45, 2.75) is 40.7 Å². The number of benzene rings is 2. The predicted molar refractivity (Wildman–Crippen MR) is 89.0 cm³/mol. The average Bonchev–Trinajstić information content (AvgIpc) is 2.39. The molecule has 2 aromatic rings. The molecule has 0 aliphatic rings. The molecule has 2 N–H and O–H groups in total. The molecule has 0 aromatic heterocycles. The Kier molecular flexibility index (Phi) is 4.69. The number of aryl methyl sites for hydroxylation is 4. The molecule has 0 spiro atoms. The summed E-state index contributed by atoms with van der Waals surface area (Å²) in [7, 11) is 0. The highest BCUT2D eigenvalue weighted by Crippen LogP contribution is 2.25. The Morgan fingerprint density at radius 2 is 1.57 bits per heavy atom. The van der Waals surface area contributed by atoms with Crippen LogP contribution in [0.4, 0.5) is 0 Å². The van der Waals surface area contributed by atoms with Gasteiger partial charge in [-0.3, -0.25) is 0 Å². The lowest BCUT2D eigenvalue weighted by molar-refractivity contribution is 0.288. The van der Waals surface area contributed by atoms with Gasteiger partial charge in [0, 0.05) is 0 Å². The molecule has 0 radical (unpaired) electrons. The minimum Gasteiger partial charge on any atom is -0.491 e. The second-order valence-corrected chi connectivity index (χ2v) is 5.93. The molecule has 0 heterocycles. The molecule has 2 nitrogen and oxygen atoms in total. The molecule has 0 aliphatic heterocycles. The molecule has 2 aromatic carbocycles. The first-order valence-electron chi connectivity index (χ1n) is 7.42. The number of nitrogens with two attached hydrogens (primary N) is 1. The van der Waals surface area contributed by atoms with E-state index in [0.717, 1.165) is 5.75 Å². The first-order chi connectivity index (χ1) is 9.90. The van der Waals surface area contributed by atoms with Gasteiger partial charge in [0.15, 0.2) is 0 Å². The van der Waals surface area contributed by atoms with Crippen molar-refractivity contribution in [2.24, 2.45) is 5.73 Å². The van der Waals surface area contributed by atoms with Crippen LogP contribution in [0.25, 0.3) is 0 Å². The number of ether oxygens (including phenoxy) is 1. The van der Waals surface area contributed by atoms with Crippen molar-refractivity contribution < 1.29 is 4.74 Å². The Labute approximate surface area is 127 Å². The summed E-state index contributed by atoms with van der Waals surface area (Å²) in [5.74, 6) is 0.924. The fraction of sp³-hybridized carbons (Fsp3) is 0.368. The van der Waals surface area contributed by atoms with Crippen LogP contribution >= 0.6 is 0 Å². The first-order valence-corrected chi connectivity index (χ1v) is 7.42. The summed E-state index contributed by atoms with van der Waals surface area (Å²) in [6, 6.07) is 10.4. The Morgan fingerprint density at radius 1 is 0.952 bits per heavy atom. The zero-order chi connectivity index (χ0) is 15.6. The number of hydrogen-bond acceptors (Lipinski definition) is 2. The second-order valence-electron chi connectivity index (χ2n) is 5.93. The number of hydrogen-bond donors (Lipinski definition) is 1. The average molecular weight is 283 g/mol. The second kappa shape index (κ2) is 6.31. The van der Waals surface area contributed by atoms with Crippen LogP contribution in [-0.4, -0.2) is 6.61 Å². The van der Waals surface area contributed by atoms with Crippen LogP contribution in [0.3, 0.4) is 0 Å². The van der Waals surface area contributed by atoms with Crippen LogP contribution in [0.1, 0.15) is 39.4 Å². The van der Waals surface area contributed by atoms with E-state index in [2.05, 4.69) is 52.8 Å². The van der Waals surface area contributed by atoms with Crippen LogP contribution in [0.5, 0.6) is 5.75 Å². The van der Waals surface area contributed by atoms with Crippen molar-refractivity contribution >= 4 is 0 Å². The summed E-state index contributed by atoms with van der Waals surface area (Å²) < 4.78 is 5.95. The van der Waals surface area contributed by atoms with Gasteiger partial charge in [-0.2, -0.15) is 0 Å². The summed E-state index contributed by atoms with van der Waals surface area (Å²) in [5.41, 5.74) is 13.7. The van der Waals surface area contributed by atoms with Gasteiger partial charge in [0.25, 0.3) is 0 Å². The van der Waals surface area contributed by atoms with Gasteiger partial charge in [-0.05, 0) is 68.5 Å². The Balaban J connectivity index is 2.16. The lowest BCUT2D eigenvalue weighted by Gasteiger charge is -2.20. The summed E-state index contributed by atoms with van der Waals surface area (Å²) >= 11 is 0. The third-order valence-corrected chi connectivity index (χ3v) is 4.08. The van der Waals surface area contributed by atoms with E-state index in [-0.39, 0.29) is 6.04 Å². The molecule has 0 aliphatic carbocycles. The van der Waals surface area contributed by atoms with Crippen molar-refractivity contribution in [1.82, 2.24) is 0 Å². The van der Waals surface area contributed by atoms with Crippen molar-refractivity contribution in [1.29, 1.82) is 0 Å². The highest BCUT2D eigenvalue weighted by molar-refractivity contribution is 5.41. The smallest absolute Gasteiger partial charge is 0.122 e. The maximum Gasteiger partial charge on any atom is 0.122 e. The fourth-order valence-corrected chi connectivity index (χ4v) is 2.92. The van der Waals surface area contributed by atoms with Gasteiger partial charge >= 0.3 is 0 Å². The van der Waals surface area contributed by atoms with Crippen LogP contribution in [0, 0.1) is 34.6 Å². The highest BCUT2D eigenvalue weighted by atomic mass is 16.5. The molecule has 0 saturated heterocycles. The van der Waals surface area contributed by atoms with Gasteiger partial charge in [-0.25, -0.2) is 0 Å². The predicted octanol–water partition coefficient (Wildman–Crippen LogP) is 4.31.